The fourth-order valence-electron chi connectivity index (χ4n) is 2.06. The number of hydrogen-bond donors (Lipinski definition) is 1. The number of oxazole rings is 1. The van der Waals surface area contributed by atoms with Gasteiger partial charge in [-0.15, -0.1) is 0 Å². The Morgan fingerprint density at radius 2 is 2.25 bits per heavy atom. The summed E-state index contributed by atoms with van der Waals surface area (Å²) in [6, 6.07) is -0.249. The number of carbonyl (C=O) groups is 1. The third-order valence-corrected chi connectivity index (χ3v) is 2.93. The van der Waals surface area contributed by atoms with E-state index in [9.17, 15) is 4.79 Å². The van der Waals surface area contributed by atoms with Gasteiger partial charge in [-0.25, -0.2) is 14.6 Å². The van der Waals surface area contributed by atoms with Crippen molar-refractivity contribution in [1.29, 1.82) is 0 Å². The van der Waals surface area contributed by atoms with Crippen LogP contribution in [0.4, 0.5) is 0 Å². The van der Waals surface area contributed by atoms with Crippen molar-refractivity contribution in [3.05, 3.63) is 29.5 Å². The molecule has 0 fully saturated rings. The van der Waals surface area contributed by atoms with E-state index in [2.05, 4.69) is 27.3 Å². The molecule has 2 aromatic heterocycles. The third-order valence-electron chi connectivity index (χ3n) is 2.93. The van der Waals surface area contributed by atoms with Crippen molar-refractivity contribution in [2.45, 2.75) is 46.7 Å². The maximum atomic E-state index is 12.2. The average Bonchev–Trinajstić information content (AvgIpc) is 2.96. The summed E-state index contributed by atoms with van der Waals surface area (Å²) < 4.78 is 7.10. The minimum Gasteiger partial charge on any atom is -0.436 e. The Hall–Kier alpha value is -2.18. The lowest BCUT2D eigenvalue weighted by Crippen LogP contribution is -2.29. The van der Waals surface area contributed by atoms with E-state index in [1.807, 2.05) is 6.92 Å². The van der Waals surface area contributed by atoms with Crippen molar-refractivity contribution >= 4 is 5.91 Å². The van der Waals surface area contributed by atoms with E-state index in [-0.39, 0.29) is 17.7 Å². The van der Waals surface area contributed by atoms with E-state index in [0.717, 1.165) is 18.8 Å². The summed E-state index contributed by atoms with van der Waals surface area (Å²) in [6.07, 6.45) is 2.45. The Balaban J connectivity index is 2.11. The predicted molar refractivity (Wildman–Crippen MR) is 72.2 cm³/mol. The second-order valence-corrected chi connectivity index (χ2v) is 4.68. The summed E-state index contributed by atoms with van der Waals surface area (Å²) in [5.74, 6) is 1.17. The van der Waals surface area contributed by atoms with E-state index in [1.165, 1.54) is 6.33 Å². The molecule has 0 aliphatic rings. The number of hydrogen-bond acceptors (Lipinski definition) is 5. The third kappa shape index (κ3) is 2.87. The van der Waals surface area contributed by atoms with Gasteiger partial charge in [-0.2, -0.15) is 5.10 Å². The first-order chi connectivity index (χ1) is 9.52. The largest absolute Gasteiger partial charge is 0.436 e. The average molecular weight is 277 g/mol. The SMILES string of the molecule is CCCn1ncnc1[C@@H](C)NC(=O)c1oc(C)nc1C. The number of nitrogens with zero attached hydrogens (tertiary/aromatic N) is 4. The maximum Gasteiger partial charge on any atom is 0.289 e. The highest BCUT2D eigenvalue weighted by atomic mass is 16.4. The topological polar surface area (TPSA) is 85.8 Å². The molecule has 0 aromatic carbocycles. The van der Waals surface area contributed by atoms with Crippen LogP contribution in [0.2, 0.25) is 0 Å². The highest BCUT2D eigenvalue weighted by Gasteiger charge is 2.20. The van der Waals surface area contributed by atoms with Crippen molar-refractivity contribution in [1.82, 2.24) is 25.1 Å². The first kappa shape index (κ1) is 14.2. The fourth-order valence-corrected chi connectivity index (χ4v) is 2.06. The molecule has 2 rings (SSSR count). The first-order valence-electron chi connectivity index (χ1n) is 6.65. The van der Waals surface area contributed by atoms with E-state index in [0.29, 0.717) is 11.6 Å². The molecule has 108 valence electrons. The molecule has 20 heavy (non-hydrogen) atoms. The maximum absolute atomic E-state index is 12.2. The van der Waals surface area contributed by atoms with Crippen LogP contribution >= 0.6 is 0 Å². The molecule has 7 nitrogen and oxygen atoms in total. The highest BCUT2D eigenvalue weighted by molar-refractivity contribution is 5.92. The van der Waals surface area contributed by atoms with E-state index in [1.54, 1.807) is 18.5 Å². The molecule has 0 saturated carbocycles. The summed E-state index contributed by atoms with van der Waals surface area (Å²) in [5.41, 5.74) is 0.585. The number of aromatic nitrogens is 4. The van der Waals surface area contributed by atoms with Gasteiger partial charge in [-0.3, -0.25) is 4.79 Å². The van der Waals surface area contributed by atoms with Gasteiger partial charge in [0, 0.05) is 13.5 Å². The van der Waals surface area contributed by atoms with Crippen molar-refractivity contribution < 1.29 is 9.21 Å². The molecular weight excluding hydrogens is 258 g/mol. The van der Waals surface area contributed by atoms with Crippen molar-refractivity contribution in [3.8, 4) is 0 Å². The van der Waals surface area contributed by atoms with Crippen molar-refractivity contribution in [2.24, 2.45) is 0 Å². The Morgan fingerprint density at radius 1 is 1.50 bits per heavy atom. The van der Waals surface area contributed by atoms with Crippen molar-refractivity contribution in [2.75, 3.05) is 0 Å². The monoisotopic (exact) mass is 277 g/mol. The molecule has 1 N–H and O–H groups in total. The Bertz CT molecular complexity index is 602. The molecule has 0 radical (unpaired) electrons. The molecule has 0 unspecified atom stereocenters. The zero-order valence-electron chi connectivity index (χ0n) is 12.2. The summed E-state index contributed by atoms with van der Waals surface area (Å²) in [4.78, 5) is 20.4. The van der Waals surface area contributed by atoms with Gasteiger partial charge in [0.15, 0.2) is 5.89 Å². The van der Waals surface area contributed by atoms with Crippen LogP contribution in [0.15, 0.2) is 10.7 Å². The minimum atomic E-state index is -0.290. The molecule has 2 aromatic rings. The van der Waals surface area contributed by atoms with Crippen LogP contribution in [0.25, 0.3) is 0 Å². The zero-order valence-corrected chi connectivity index (χ0v) is 12.2. The Morgan fingerprint density at radius 3 is 2.85 bits per heavy atom. The number of carbonyl (C=O) groups excluding carboxylic acids is 1. The van der Waals surface area contributed by atoms with Gasteiger partial charge in [0.25, 0.3) is 5.91 Å². The number of nitrogens with one attached hydrogen (secondary N) is 1. The standard InChI is InChI=1S/C13H19N5O2/c1-5-6-18-12(14-7-15-18)9(3)17-13(19)11-8(2)16-10(4)20-11/h7,9H,5-6H2,1-4H3,(H,17,19)/t9-/m1/s1. The molecule has 1 amide bonds. The molecule has 0 bridgehead atoms. The lowest BCUT2D eigenvalue weighted by molar-refractivity contribution is 0.0907. The van der Waals surface area contributed by atoms with Gasteiger partial charge >= 0.3 is 0 Å². The van der Waals surface area contributed by atoms with Gasteiger partial charge in [0.2, 0.25) is 5.76 Å². The van der Waals surface area contributed by atoms with Crippen LogP contribution in [0.5, 0.6) is 0 Å². The summed E-state index contributed by atoms with van der Waals surface area (Å²) in [6.45, 7) is 8.17. The number of aryl methyl sites for hydroxylation is 3. The molecule has 2 heterocycles. The molecule has 7 heteroatoms. The predicted octanol–water partition coefficient (Wildman–Crippen LogP) is 1.78. The second-order valence-electron chi connectivity index (χ2n) is 4.68. The molecule has 0 aliphatic heterocycles. The van der Waals surface area contributed by atoms with Crippen LogP contribution in [0, 0.1) is 13.8 Å². The normalized spacial score (nSPS) is 12.4. The van der Waals surface area contributed by atoms with Crippen LogP contribution in [0.3, 0.4) is 0 Å². The van der Waals surface area contributed by atoms with Gasteiger partial charge in [-0.1, -0.05) is 6.92 Å². The molecule has 0 spiro atoms. The smallest absolute Gasteiger partial charge is 0.289 e. The van der Waals surface area contributed by atoms with Gasteiger partial charge < -0.3 is 9.73 Å². The Kier molecular flexibility index (Phi) is 4.16. The summed E-state index contributed by atoms with van der Waals surface area (Å²) in [5, 5.41) is 7.00. The zero-order chi connectivity index (χ0) is 14.7. The van der Waals surface area contributed by atoms with Gasteiger partial charge in [0.1, 0.15) is 12.2 Å². The lowest BCUT2D eigenvalue weighted by Gasteiger charge is -2.13. The molecular formula is C13H19N5O2. The first-order valence-corrected chi connectivity index (χ1v) is 6.65. The highest BCUT2D eigenvalue weighted by Crippen LogP contribution is 2.13. The van der Waals surface area contributed by atoms with E-state index < -0.39 is 0 Å². The van der Waals surface area contributed by atoms with E-state index in [4.69, 9.17) is 4.42 Å². The summed E-state index contributed by atoms with van der Waals surface area (Å²) >= 11 is 0. The fraction of sp³-hybridized carbons (Fsp3) is 0.538. The lowest BCUT2D eigenvalue weighted by atomic mass is 10.2. The summed E-state index contributed by atoms with van der Waals surface area (Å²) in [7, 11) is 0. The molecule has 0 aliphatic carbocycles. The van der Waals surface area contributed by atoms with E-state index >= 15 is 0 Å². The molecule has 1 atom stereocenters. The molecule has 0 saturated heterocycles. The minimum absolute atomic E-state index is 0.246. The Labute approximate surface area is 117 Å². The van der Waals surface area contributed by atoms with Gasteiger partial charge in [-0.05, 0) is 20.3 Å². The number of rotatable bonds is 5. The van der Waals surface area contributed by atoms with Crippen LogP contribution in [-0.4, -0.2) is 25.7 Å². The van der Waals surface area contributed by atoms with Crippen LogP contribution in [0.1, 0.15) is 54.3 Å². The quantitative estimate of drug-likeness (QED) is 0.900. The van der Waals surface area contributed by atoms with Crippen LogP contribution < -0.4 is 5.32 Å². The number of amides is 1. The van der Waals surface area contributed by atoms with Crippen molar-refractivity contribution in [3.63, 3.8) is 0 Å². The van der Waals surface area contributed by atoms with Crippen LogP contribution in [-0.2, 0) is 6.54 Å². The van der Waals surface area contributed by atoms with Gasteiger partial charge in [0.05, 0.1) is 11.7 Å². The second kappa shape index (κ2) is 5.85.